The zero-order valence-corrected chi connectivity index (χ0v) is 11.2. The Morgan fingerprint density at radius 3 is 2.07 bits per heavy atom. The molecule has 0 saturated heterocycles. The summed E-state index contributed by atoms with van der Waals surface area (Å²) in [7, 11) is 0. The fraction of sp³-hybridized carbons (Fsp3) is 0.625. The van der Waals surface area contributed by atoms with Gasteiger partial charge >= 0.3 is 0 Å². The molecule has 2 nitrogen and oxygen atoms in total. The molecular weight excluding hydrogens is 322 g/mol. The highest BCUT2D eigenvalue weighted by atomic mass is 79.9. The molecule has 1 rings (SSSR count). The van der Waals surface area contributed by atoms with Crippen molar-refractivity contribution in [3.63, 3.8) is 0 Å². The van der Waals surface area contributed by atoms with Gasteiger partial charge in [-0.1, -0.05) is 0 Å². The lowest BCUT2D eigenvalue weighted by molar-refractivity contribution is 0.129. The minimum Gasteiger partial charge on any atom is -0.256 e. The second-order valence-electron chi connectivity index (χ2n) is 3.87. The summed E-state index contributed by atoms with van der Waals surface area (Å²) in [6, 6.07) is 0. The van der Waals surface area contributed by atoms with Gasteiger partial charge in [0.2, 0.25) is 0 Å². The lowest BCUT2D eigenvalue weighted by Crippen LogP contribution is -2.25. The van der Waals surface area contributed by atoms with Crippen LogP contribution in [0, 0.1) is 0 Å². The van der Waals surface area contributed by atoms with E-state index in [1.807, 2.05) is 20.8 Å². The minimum atomic E-state index is -2.54. The Morgan fingerprint density at radius 2 is 1.79 bits per heavy atom. The van der Waals surface area contributed by atoms with Gasteiger partial charge in [-0.25, -0.2) is 8.78 Å². The topological polar surface area (TPSA) is 17.8 Å². The zero-order chi connectivity index (χ0) is 11.1. The summed E-state index contributed by atoms with van der Waals surface area (Å²) in [6.07, 6.45) is -2.54. The van der Waals surface area contributed by atoms with Crippen LogP contribution >= 0.6 is 31.9 Å². The van der Waals surface area contributed by atoms with Crippen molar-refractivity contribution in [3.8, 4) is 0 Å². The number of halogens is 4. The molecule has 0 spiro atoms. The molecular formula is C8H10Br2F2N2. The highest BCUT2D eigenvalue weighted by molar-refractivity contribution is 9.13. The van der Waals surface area contributed by atoms with Crippen molar-refractivity contribution in [1.82, 2.24) is 9.78 Å². The molecule has 1 aromatic heterocycles. The highest BCUT2D eigenvalue weighted by Crippen LogP contribution is 2.35. The highest BCUT2D eigenvalue weighted by Gasteiger charge is 2.28. The van der Waals surface area contributed by atoms with Gasteiger partial charge in [-0.05, 0) is 52.6 Å². The lowest BCUT2D eigenvalue weighted by Gasteiger charge is -2.22. The Balaban J connectivity index is 3.37. The van der Waals surface area contributed by atoms with Gasteiger partial charge < -0.3 is 0 Å². The molecule has 0 saturated carbocycles. The van der Waals surface area contributed by atoms with Crippen molar-refractivity contribution in [1.29, 1.82) is 0 Å². The zero-order valence-electron chi connectivity index (χ0n) is 7.98. The quantitative estimate of drug-likeness (QED) is 0.757. The van der Waals surface area contributed by atoms with Crippen LogP contribution in [0.25, 0.3) is 0 Å². The van der Waals surface area contributed by atoms with Crippen molar-refractivity contribution in [3.05, 3.63) is 14.8 Å². The van der Waals surface area contributed by atoms with Crippen LogP contribution in [-0.4, -0.2) is 9.78 Å². The smallest absolute Gasteiger partial charge is 0.256 e. The SMILES string of the molecule is CC(C)(C)n1nc(Br)c(Br)c1C(F)F. The predicted molar refractivity (Wildman–Crippen MR) is 57.6 cm³/mol. The Hall–Kier alpha value is 0.0300. The second kappa shape index (κ2) is 3.89. The summed E-state index contributed by atoms with van der Waals surface area (Å²) in [4.78, 5) is 0. The van der Waals surface area contributed by atoms with Crippen LogP contribution in [0.2, 0.25) is 0 Å². The first kappa shape index (κ1) is 12.1. The van der Waals surface area contributed by atoms with E-state index in [4.69, 9.17) is 0 Å². The van der Waals surface area contributed by atoms with Gasteiger partial charge in [0.05, 0.1) is 10.0 Å². The third-order valence-corrected chi connectivity index (χ3v) is 3.53. The molecule has 0 amide bonds. The summed E-state index contributed by atoms with van der Waals surface area (Å²) in [5.74, 6) is 0. The molecule has 0 radical (unpaired) electrons. The van der Waals surface area contributed by atoms with Gasteiger partial charge in [0.1, 0.15) is 10.3 Å². The van der Waals surface area contributed by atoms with Crippen molar-refractivity contribution in [2.24, 2.45) is 0 Å². The maximum atomic E-state index is 12.7. The van der Waals surface area contributed by atoms with Gasteiger partial charge in [0.25, 0.3) is 6.43 Å². The molecule has 0 fully saturated rings. The lowest BCUT2D eigenvalue weighted by atomic mass is 10.1. The van der Waals surface area contributed by atoms with Crippen LogP contribution in [0.1, 0.15) is 32.9 Å². The van der Waals surface area contributed by atoms with Crippen LogP contribution in [0.15, 0.2) is 9.08 Å². The number of rotatable bonds is 1. The standard InChI is InChI=1S/C8H10Br2F2N2/c1-8(2,3)14-5(7(11)12)4(9)6(10)13-14/h7H,1-3H3. The number of nitrogens with zero attached hydrogens (tertiary/aromatic N) is 2. The first-order valence-corrected chi connectivity index (χ1v) is 5.56. The van der Waals surface area contributed by atoms with E-state index in [0.717, 1.165) is 0 Å². The average Bonchev–Trinajstić information content (AvgIpc) is 2.27. The molecule has 0 bridgehead atoms. The largest absolute Gasteiger partial charge is 0.281 e. The molecule has 1 heterocycles. The minimum absolute atomic E-state index is 0.0932. The molecule has 0 aliphatic heterocycles. The molecule has 14 heavy (non-hydrogen) atoms. The maximum Gasteiger partial charge on any atom is 0.281 e. The van der Waals surface area contributed by atoms with E-state index in [2.05, 4.69) is 37.0 Å². The van der Waals surface area contributed by atoms with Crippen LogP contribution in [-0.2, 0) is 5.54 Å². The molecule has 0 aliphatic carbocycles. The summed E-state index contributed by atoms with van der Waals surface area (Å²) in [5.41, 5.74) is -0.551. The summed E-state index contributed by atoms with van der Waals surface area (Å²) in [6.45, 7) is 5.47. The summed E-state index contributed by atoms with van der Waals surface area (Å²) < 4.78 is 27.5. The molecule has 80 valence electrons. The van der Waals surface area contributed by atoms with E-state index in [9.17, 15) is 8.78 Å². The third kappa shape index (κ3) is 2.16. The molecule has 0 atom stereocenters. The third-order valence-electron chi connectivity index (χ3n) is 1.66. The number of hydrogen-bond acceptors (Lipinski definition) is 1. The van der Waals surface area contributed by atoms with Gasteiger partial charge in [0, 0.05) is 0 Å². The van der Waals surface area contributed by atoms with Crippen LogP contribution in [0.3, 0.4) is 0 Å². The molecule has 0 aromatic carbocycles. The molecule has 1 aromatic rings. The van der Waals surface area contributed by atoms with Crippen molar-refractivity contribution < 1.29 is 8.78 Å². The molecule has 0 unspecified atom stereocenters. The molecule has 6 heteroatoms. The summed E-state index contributed by atoms with van der Waals surface area (Å²) >= 11 is 6.20. The Labute approximate surface area is 97.9 Å². The van der Waals surface area contributed by atoms with E-state index in [1.54, 1.807) is 0 Å². The fourth-order valence-electron chi connectivity index (χ4n) is 1.08. The van der Waals surface area contributed by atoms with E-state index >= 15 is 0 Å². The number of hydrogen-bond donors (Lipinski definition) is 0. The predicted octanol–water partition coefficient (Wildman–Crippen LogP) is 4.10. The van der Waals surface area contributed by atoms with Gasteiger partial charge in [0.15, 0.2) is 0 Å². The second-order valence-corrected chi connectivity index (χ2v) is 5.42. The Bertz CT molecular complexity index is 342. The number of aromatic nitrogens is 2. The first-order chi connectivity index (χ1) is 6.25. The monoisotopic (exact) mass is 330 g/mol. The Morgan fingerprint density at radius 1 is 1.29 bits per heavy atom. The normalized spacial score (nSPS) is 12.6. The van der Waals surface area contributed by atoms with Gasteiger partial charge in [-0.15, -0.1) is 0 Å². The van der Waals surface area contributed by atoms with E-state index in [1.165, 1.54) is 4.68 Å². The van der Waals surface area contributed by atoms with E-state index < -0.39 is 12.0 Å². The maximum absolute atomic E-state index is 12.7. The molecule has 0 N–H and O–H groups in total. The van der Waals surface area contributed by atoms with Gasteiger partial charge in [-0.3, -0.25) is 4.68 Å². The van der Waals surface area contributed by atoms with E-state index in [0.29, 0.717) is 9.08 Å². The van der Waals surface area contributed by atoms with Crippen molar-refractivity contribution in [2.45, 2.75) is 32.7 Å². The summed E-state index contributed by atoms with van der Waals surface area (Å²) in [5, 5.41) is 4.01. The van der Waals surface area contributed by atoms with Crippen molar-refractivity contribution >= 4 is 31.9 Å². The first-order valence-electron chi connectivity index (χ1n) is 3.97. The number of alkyl halides is 2. The van der Waals surface area contributed by atoms with Crippen LogP contribution in [0.5, 0.6) is 0 Å². The fourth-order valence-corrected chi connectivity index (χ4v) is 1.87. The average molecular weight is 332 g/mol. The van der Waals surface area contributed by atoms with Crippen LogP contribution in [0.4, 0.5) is 8.78 Å². The van der Waals surface area contributed by atoms with Gasteiger partial charge in [-0.2, -0.15) is 5.10 Å². The van der Waals surface area contributed by atoms with Crippen molar-refractivity contribution in [2.75, 3.05) is 0 Å². The van der Waals surface area contributed by atoms with Crippen LogP contribution < -0.4 is 0 Å². The Kier molecular flexibility index (Phi) is 3.36. The van der Waals surface area contributed by atoms with E-state index in [-0.39, 0.29) is 5.69 Å². The molecule has 0 aliphatic rings.